The molecule has 38 valence electrons. The van der Waals surface area contributed by atoms with Gasteiger partial charge in [0.05, 0.1) is 0 Å². The van der Waals surface area contributed by atoms with Crippen molar-refractivity contribution < 1.29 is 4.74 Å². The minimum absolute atomic E-state index is 0.146. The third kappa shape index (κ3) is 0.778. The quantitative estimate of drug-likeness (QED) is 0.442. The van der Waals surface area contributed by atoms with E-state index in [2.05, 4.69) is 4.74 Å². The van der Waals surface area contributed by atoms with Crippen molar-refractivity contribution in [2.75, 3.05) is 0 Å². The van der Waals surface area contributed by atoms with Gasteiger partial charge in [-0.25, -0.2) is 0 Å². The highest BCUT2D eigenvalue weighted by Gasteiger charge is 2.05. The SMILES string of the molecule is N=C1C=CC(N)O1. The first kappa shape index (κ1) is 4.33. The molecule has 0 aromatic carbocycles. The zero-order valence-electron chi connectivity index (χ0n) is 3.72. The summed E-state index contributed by atoms with van der Waals surface area (Å²) in [6, 6.07) is 0. The van der Waals surface area contributed by atoms with E-state index in [0.29, 0.717) is 0 Å². The van der Waals surface area contributed by atoms with Gasteiger partial charge in [0.15, 0.2) is 6.23 Å². The first-order chi connectivity index (χ1) is 3.29. The van der Waals surface area contributed by atoms with Crippen molar-refractivity contribution in [2.24, 2.45) is 5.73 Å². The predicted molar refractivity (Wildman–Crippen MR) is 25.9 cm³/mol. The van der Waals surface area contributed by atoms with E-state index < -0.39 is 0 Å². The van der Waals surface area contributed by atoms with Crippen LogP contribution in [0.15, 0.2) is 12.2 Å². The molecule has 0 spiro atoms. The Bertz CT molecular complexity index is 119. The highest BCUT2D eigenvalue weighted by Crippen LogP contribution is 1.96. The Morgan fingerprint density at radius 2 is 2.57 bits per heavy atom. The average molecular weight is 98.1 g/mol. The van der Waals surface area contributed by atoms with Crippen LogP contribution in [0.2, 0.25) is 0 Å². The molecule has 1 aliphatic heterocycles. The third-order valence-corrected chi connectivity index (χ3v) is 0.700. The summed E-state index contributed by atoms with van der Waals surface area (Å²) in [5, 5.41) is 6.79. The van der Waals surface area contributed by atoms with Crippen LogP contribution in [0, 0.1) is 5.41 Å². The molecular formula is C4H6N2O. The number of hydrogen-bond donors (Lipinski definition) is 2. The van der Waals surface area contributed by atoms with Gasteiger partial charge in [0.25, 0.3) is 0 Å². The summed E-state index contributed by atoms with van der Waals surface area (Å²) < 4.78 is 4.61. The standard InChI is InChI=1S/C4H6N2O/c5-3-1-2-4(6)7-3/h1-3,6H,5H2. The van der Waals surface area contributed by atoms with Gasteiger partial charge in [-0.3, -0.25) is 11.1 Å². The smallest absolute Gasteiger partial charge is 0.207 e. The third-order valence-electron chi connectivity index (χ3n) is 0.700. The van der Waals surface area contributed by atoms with Crippen LogP contribution in [0.1, 0.15) is 0 Å². The Morgan fingerprint density at radius 1 is 1.86 bits per heavy atom. The van der Waals surface area contributed by atoms with Gasteiger partial charge in [-0.2, -0.15) is 0 Å². The number of hydrogen-bond acceptors (Lipinski definition) is 3. The fourth-order valence-corrected chi connectivity index (χ4v) is 0.407. The molecule has 1 aliphatic rings. The van der Waals surface area contributed by atoms with Crippen LogP contribution < -0.4 is 5.73 Å². The summed E-state index contributed by atoms with van der Waals surface area (Å²) in [5.74, 6) is 0.146. The van der Waals surface area contributed by atoms with Crippen molar-refractivity contribution in [1.29, 1.82) is 5.41 Å². The summed E-state index contributed by atoms with van der Waals surface area (Å²) in [7, 11) is 0. The Morgan fingerprint density at radius 3 is 2.71 bits per heavy atom. The van der Waals surface area contributed by atoms with Crippen molar-refractivity contribution in [3.05, 3.63) is 12.2 Å². The summed E-state index contributed by atoms with van der Waals surface area (Å²) in [5.41, 5.74) is 5.18. The van der Waals surface area contributed by atoms with Gasteiger partial charge < -0.3 is 4.74 Å². The lowest BCUT2D eigenvalue weighted by Crippen LogP contribution is -2.17. The molecule has 0 aliphatic carbocycles. The minimum atomic E-state index is -0.382. The molecule has 0 aromatic rings. The fourth-order valence-electron chi connectivity index (χ4n) is 0.407. The molecule has 3 N–H and O–H groups in total. The molecule has 0 amide bonds. The van der Waals surface area contributed by atoms with E-state index in [9.17, 15) is 0 Å². The van der Waals surface area contributed by atoms with E-state index in [4.69, 9.17) is 11.1 Å². The molecule has 0 saturated heterocycles. The molecule has 0 fully saturated rings. The molecule has 1 atom stereocenters. The Balaban J connectivity index is 2.58. The number of ether oxygens (including phenoxy) is 1. The lowest BCUT2D eigenvalue weighted by molar-refractivity contribution is 0.257. The van der Waals surface area contributed by atoms with Crippen molar-refractivity contribution in [3.8, 4) is 0 Å². The van der Waals surface area contributed by atoms with Gasteiger partial charge >= 0.3 is 0 Å². The van der Waals surface area contributed by atoms with Crippen LogP contribution in [0.4, 0.5) is 0 Å². The molecule has 1 unspecified atom stereocenters. The fraction of sp³-hybridized carbons (Fsp3) is 0.250. The molecule has 3 nitrogen and oxygen atoms in total. The minimum Gasteiger partial charge on any atom is -0.456 e. The molecule has 3 heteroatoms. The predicted octanol–water partition coefficient (Wildman–Crippen LogP) is -0.165. The summed E-state index contributed by atoms with van der Waals surface area (Å²) in [6.07, 6.45) is 2.78. The summed E-state index contributed by atoms with van der Waals surface area (Å²) in [6.45, 7) is 0. The lowest BCUT2D eigenvalue weighted by Gasteiger charge is -1.98. The highest BCUT2D eigenvalue weighted by atomic mass is 16.5. The zero-order chi connectivity index (χ0) is 5.28. The molecular weight excluding hydrogens is 92.1 g/mol. The van der Waals surface area contributed by atoms with E-state index in [-0.39, 0.29) is 12.1 Å². The molecule has 0 bridgehead atoms. The number of nitrogens with one attached hydrogen (secondary N) is 1. The first-order valence-electron chi connectivity index (χ1n) is 1.98. The second-order valence-electron chi connectivity index (χ2n) is 1.31. The maximum absolute atomic E-state index is 6.79. The van der Waals surface area contributed by atoms with E-state index >= 15 is 0 Å². The van der Waals surface area contributed by atoms with Crippen LogP contribution in [0.25, 0.3) is 0 Å². The van der Waals surface area contributed by atoms with Gasteiger partial charge in [-0.05, 0) is 6.08 Å². The number of rotatable bonds is 0. The maximum Gasteiger partial charge on any atom is 0.207 e. The van der Waals surface area contributed by atoms with Gasteiger partial charge in [0, 0.05) is 6.08 Å². The van der Waals surface area contributed by atoms with Crippen LogP contribution in [0.3, 0.4) is 0 Å². The molecule has 1 heterocycles. The van der Waals surface area contributed by atoms with Crippen LogP contribution in [-0.2, 0) is 4.74 Å². The normalized spacial score (nSPS) is 28.1. The second kappa shape index (κ2) is 1.35. The van der Waals surface area contributed by atoms with E-state index in [1.54, 1.807) is 6.08 Å². The average Bonchev–Trinajstić information content (AvgIpc) is 1.87. The zero-order valence-corrected chi connectivity index (χ0v) is 3.72. The van der Waals surface area contributed by atoms with Crippen LogP contribution >= 0.6 is 0 Å². The van der Waals surface area contributed by atoms with Crippen LogP contribution in [0.5, 0.6) is 0 Å². The molecule has 0 radical (unpaired) electrons. The van der Waals surface area contributed by atoms with Crippen molar-refractivity contribution in [2.45, 2.75) is 6.23 Å². The second-order valence-corrected chi connectivity index (χ2v) is 1.31. The van der Waals surface area contributed by atoms with Gasteiger partial charge in [-0.1, -0.05) is 0 Å². The maximum atomic E-state index is 6.79. The lowest BCUT2D eigenvalue weighted by atomic mass is 10.5. The van der Waals surface area contributed by atoms with E-state index in [1.165, 1.54) is 6.08 Å². The van der Waals surface area contributed by atoms with Gasteiger partial charge in [-0.15, -0.1) is 0 Å². The topological polar surface area (TPSA) is 59.1 Å². The van der Waals surface area contributed by atoms with E-state index in [1.807, 2.05) is 0 Å². The summed E-state index contributed by atoms with van der Waals surface area (Å²) >= 11 is 0. The van der Waals surface area contributed by atoms with Crippen molar-refractivity contribution >= 4 is 5.90 Å². The molecule has 0 aromatic heterocycles. The highest BCUT2D eigenvalue weighted by molar-refractivity contribution is 5.86. The summed E-state index contributed by atoms with van der Waals surface area (Å²) in [4.78, 5) is 0. The Labute approximate surface area is 41.3 Å². The van der Waals surface area contributed by atoms with Crippen molar-refractivity contribution in [1.82, 2.24) is 0 Å². The Kier molecular flexibility index (Phi) is 0.834. The van der Waals surface area contributed by atoms with E-state index in [0.717, 1.165) is 0 Å². The molecule has 0 saturated carbocycles. The van der Waals surface area contributed by atoms with Gasteiger partial charge in [0.2, 0.25) is 5.90 Å². The van der Waals surface area contributed by atoms with Gasteiger partial charge in [0.1, 0.15) is 0 Å². The first-order valence-corrected chi connectivity index (χ1v) is 1.98. The number of nitrogens with two attached hydrogens (primary N) is 1. The van der Waals surface area contributed by atoms with Crippen molar-refractivity contribution in [3.63, 3.8) is 0 Å². The Hall–Kier alpha value is -0.830. The molecule has 7 heavy (non-hydrogen) atoms. The molecule has 1 rings (SSSR count). The monoisotopic (exact) mass is 98.0 g/mol. The largest absolute Gasteiger partial charge is 0.456 e. The van der Waals surface area contributed by atoms with Crippen LogP contribution in [-0.4, -0.2) is 12.1 Å².